The number of hydrogen-bond donors (Lipinski definition) is 1. The molecule has 1 N–H and O–H groups in total. The highest BCUT2D eigenvalue weighted by Crippen LogP contribution is 2.29. The lowest BCUT2D eigenvalue weighted by atomic mass is 10.0. The Morgan fingerprint density at radius 3 is 2.62 bits per heavy atom. The Bertz CT molecular complexity index is 916. The number of sulfonamides is 1. The molecule has 0 bridgehead atoms. The third-order valence-electron chi connectivity index (χ3n) is 4.66. The summed E-state index contributed by atoms with van der Waals surface area (Å²) < 4.78 is 27.3. The van der Waals surface area contributed by atoms with Crippen molar-refractivity contribution in [3.63, 3.8) is 0 Å². The third-order valence-corrected chi connectivity index (χ3v) is 8.52. The van der Waals surface area contributed by atoms with Crippen LogP contribution in [-0.2, 0) is 10.0 Å². The first-order chi connectivity index (χ1) is 12.3. The summed E-state index contributed by atoms with van der Waals surface area (Å²) in [6.07, 6.45) is 1.73. The number of carbonyl (C=O) groups is 1. The molecule has 0 aliphatic carbocycles. The molecule has 0 radical (unpaired) electrons. The monoisotopic (exact) mass is 412 g/mol. The topological polar surface area (TPSA) is 66.5 Å². The highest BCUT2D eigenvalue weighted by molar-refractivity contribution is 7.91. The SMILES string of the molecule is Cc1c(Cl)cccc1NC(=O)c1ccc(S(=O)(=O)N2CCC(C)CC2)s1. The molecule has 0 atom stereocenters. The van der Waals surface area contributed by atoms with Gasteiger partial charge in [-0.3, -0.25) is 4.79 Å². The summed E-state index contributed by atoms with van der Waals surface area (Å²) in [5.74, 6) is 0.209. The van der Waals surface area contributed by atoms with Gasteiger partial charge in [0.15, 0.2) is 0 Å². The van der Waals surface area contributed by atoms with Crippen LogP contribution in [-0.4, -0.2) is 31.7 Å². The second kappa shape index (κ2) is 7.68. The lowest BCUT2D eigenvalue weighted by Gasteiger charge is -2.28. The third kappa shape index (κ3) is 3.96. The maximum absolute atomic E-state index is 12.8. The van der Waals surface area contributed by atoms with E-state index in [1.54, 1.807) is 24.3 Å². The number of carbonyl (C=O) groups excluding carboxylic acids is 1. The van der Waals surface area contributed by atoms with Gasteiger partial charge in [-0.2, -0.15) is 4.31 Å². The molecule has 1 saturated heterocycles. The van der Waals surface area contributed by atoms with Gasteiger partial charge in [-0.25, -0.2) is 8.42 Å². The van der Waals surface area contributed by atoms with E-state index in [0.717, 1.165) is 29.7 Å². The normalized spacial score (nSPS) is 16.6. The minimum atomic E-state index is -3.54. The molecule has 8 heteroatoms. The molecule has 1 amide bonds. The standard InChI is InChI=1S/C18H21ClN2O3S2/c1-12-8-10-21(11-9-12)26(23,24)17-7-6-16(25-17)18(22)20-15-5-3-4-14(19)13(15)2/h3-7,12H,8-11H2,1-2H3,(H,20,22). The maximum atomic E-state index is 12.8. The molecule has 0 spiro atoms. The van der Waals surface area contributed by atoms with Crippen LogP contribution < -0.4 is 5.32 Å². The van der Waals surface area contributed by atoms with Gasteiger partial charge in [0.1, 0.15) is 4.21 Å². The Morgan fingerprint density at radius 2 is 1.92 bits per heavy atom. The zero-order valence-electron chi connectivity index (χ0n) is 14.7. The van der Waals surface area contributed by atoms with Gasteiger partial charge in [-0.05, 0) is 55.5 Å². The van der Waals surface area contributed by atoms with E-state index < -0.39 is 10.0 Å². The Morgan fingerprint density at radius 1 is 1.23 bits per heavy atom. The summed E-state index contributed by atoms with van der Waals surface area (Å²) in [6, 6.07) is 8.34. The van der Waals surface area contributed by atoms with Crippen molar-refractivity contribution in [2.45, 2.75) is 30.9 Å². The average Bonchev–Trinajstić information content (AvgIpc) is 3.10. The molecule has 1 aromatic heterocycles. The lowest BCUT2D eigenvalue weighted by Crippen LogP contribution is -2.37. The van der Waals surface area contributed by atoms with Crippen LogP contribution in [0.1, 0.15) is 35.0 Å². The largest absolute Gasteiger partial charge is 0.321 e. The Hall–Kier alpha value is -1.41. The van der Waals surface area contributed by atoms with Gasteiger partial charge in [-0.1, -0.05) is 24.6 Å². The van der Waals surface area contributed by atoms with Crippen LogP contribution in [0.2, 0.25) is 5.02 Å². The summed E-state index contributed by atoms with van der Waals surface area (Å²) in [7, 11) is -3.54. The van der Waals surface area contributed by atoms with Crippen LogP contribution >= 0.6 is 22.9 Å². The number of halogens is 1. The first kappa shape index (κ1) is 19.4. The van der Waals surface area contributed by atoms with Crippen molar-refractivity contribution in [3.05, 3.63) is 45.8 Å². The van der Waals surface area contributed by atoms with E-state index in [1.165, 1.54) is 10.4 Å². The predicted octanol–water partition coefficient (Wildman–Crippen LogP) is 4.38. The van der Waals surface area contributed by atoms with Gasteiger partial charge in [0.25, 0.3) is 15.9 Å². The number of anilines is 1. The Labute approximate surface area is 163 Å². The number of benzene rings is 1. The van der Waals surface area contributed by atoms with Crippen LogP contribution in [0, 0.1) is 12.8 Å². The van der Waals surface area contributed by atoms with Crippen molar-refractivity contribution in [1.29, 1.82) is 0 Å². The van der Waals surface area contributed by atoms with Crippen molar-refractivity contribution < 1.29 is 13.2 Å². The number of piperidine rings is 1. The maximum Gasteiger partial charge on any atom is 0.265 e. The van der Waals surface area contributed by atoms with E-state index >= 15 is 0 Å². The molecular weight excluding hydrogens is 392 g/mol. The molecule has 0 saturated carbocycles. The number of amides is 1. The number of thiophene rings is 1. The minimum Gasteiger partial charge on any atom is -0.321 e. The van der Waals surface area contributed by atoms with Crippen LogP contribution in [0.3, 0.4) is 0 Å². The molecule has 2 aromatic rings. The van der Waals surface area contributed by atoms with Gasteiger partial charge < -0.3 is 5.32 Å². The minimum absolute atomic E-state index is 0.208. The molecule has 3 rings (SSSR count). The second-order valence-corrected chi connectivity index (χ2v) is 10.2. The van der Waals surface area contributed by atoms with E-state index in [9.17, 15) is 13.2 Å². The highest BCUT2D eigenvalue weighted by Gasteiger charge is 2.29. The van der Waals surface area contributed by atoms with Crippen molar-refractivity contribution in [2.24, 2.45) is 5.92 Å². The number of nitrogens with one attached hydrogen (secondary N) is 1. The zero-order chi connectivity index (χ0) is 18.9. The Kier molecular flexibility index (Phi) is 5.72. The molecule has 26 heavy (non-hydrogen) atoms. The van der Waals surface area contributed by atoms with Gasteiger partial charge in [-0.15, -0.1) is 11.3 Å². The summed E-state index contributed by atoms with van der Waals surface area (Å²) in [5.41, 5.74) is 1.39. The molecule has 2 heterocycles. The van der Waals surface area contributed by atoms with Crippen molar-refractivity contribution in [1.82, 2.24) is 4.31 Å². The molecule has 1 fully saturated rings. The number of nitrogens with zero attached hydrogens (tertiary/aromatic N) is 1. The second-order valence-electron chi connectivity index (χ2n) is 6.57. The van der Waals surface area contributed by atoms with Crippen molar-refractivity contribution >= 4 is 44.6 Å². The number of rotatable bonds is 4. The molecule has 140 valence electrons. The first-order valence-electron chi connectivity index (χ1n) is 8.45. The van der Waals surface area contributed by atoms with Gasteiger partial charge in [0.05, 0.1) is 4.88 Å². The number of hydrogen-bond acceptors (Lipinski definition) is 4. The summed E-state index contributed by atoms with van der Waals surface area (Å²) >= 11 is 7.07. The van der Waals surface area contributed by atoms with Crippen LogP contribution in [0.4, 0.5) is 5.69 Å². The van der Waals surface area contributed by atoms with E-state index in [2.05, 4.69) is 12.2 Å². The zero-order valence-corrected chi connectivity index (χ0v) is 17.0. The average molecular weight is 413 g/mol. The van der Waals surface area contributed by atoms with Crippen molar-refractivity contribution in [3.8, 4) is 0 Å². The first-order valence-corrected chi connectivity index (χ1v) is 11.1. The molecule has 1 aromatic carbocycles. The smallest absolute Gasteiger partial charge is 0.265 e. The van der Waals surface area contributed by atoms with E-state index in [-0.39, 0.29) is 10.1 Å². The van der Waals surface area contributed by atoms with E-state index in [1.807, 2.05) is 6.92 Å². The van der Waals surface area contributed by atoms with E-state index in [4.69, 9.17) is 11.6 Å². The summed E-state index contributed by atoms with van der Waals surface area (Å²) in [4.78, 5) is 12.8. The molecule has 5 nitrogen and oxygen atoms in total. The molecule has 0 unspecified atom stereocenters. The van der Waals surface area contributed by atoms with Crippen LogP contribution in [0.25, 0.3) is 0 Å². The predicted molar refractivity (Wildman–Crippen MR) is 106 cm³/mol. The fourth-order valence-corrected chi connectivity index (χ4v) is 5.86. The quantitative estimate of drug-likeness (QED) is 0.810. The van der Waals surface area contributed by atoms with E-state index in [0.29, 0.717) is 34.6 Å². The van der Waals surface area contributed by atoms with Gasteiger partial charge in [0, 0.05) is 23.8 Å². The summed E-state index contributed by atoms with van der Waals surface area (Å²) in [6.45, 7) is 5.02. The van der Waals surface area contributed by atoms with Gasteiger partial charge >= 0.3 is 0 Å². The summed E-state index contributed by atoms with van der Waals surface area (Å²) in [5, 5.41) is 3.36. The van der Waals surface area contributed by atoms with Crippen LogP contribution in [0.15, 0.2) is 34.5 Å². The van der Waals surface area contributed by atoms with Gasteiger partial charge in [0.2, 0.25) is 0 Å². The fraction of sp³-hybridized carbons (Fsp3) is 0.389. The fourth-order valence-electron chi connectivity index (χ4n) is 2.86. The molecular formula is C18H21ClN2O3S2. The molecule has 1 aliphatic heterocycles. The Balaban J connectivity index is 1.76. The van der Waals surface area contributed by atoms with Crippen LogP contribution in [0.5, 0.6) is 0 Å². The molecule has 1 aliphatic rings. The van der Waals surface area contributed by atoms with Crippen molar-refractivity contribution in [2.75, 3.05) is 18.4 Å². The highest BCUT2D eigenvalue weighted by atomic mass is 35.5. The lowest BCUT2D eigenvalue weighted by molar-refractivity contribution is 0.103.